The molecule has 146 valence electrons. The molecule has 7 nitrogen and oxygen atoms in total. The van der Waals surface area contributed by atoms with Gasteiger partial charge in [-0.2, -0.15) is 0 Å². The normalized spacial score (nSPS) is 31.8. The van der Waals surface area contributed by atoms with Crippen molar-refractivity contribution in [2.24, 2.45) is 5.92 Å². The van der Waals surface area contributed by atoms with E-state index in [9.17, 15) is 9.59 Å². The van der Waals surface area contributed by atoms with Crippen LogP contribution in [0.25, 0.3) is 0 Å². The van der Waals surface area contributed by atoms with Crippen LogP contribution in [0.5, 0.6) is 0 Å². The molecule has 1 N–H and O–H groups in total. The van der Waals surface area contributed by atoms with E-state index >= 15 is 0 Å². The maximum absolute atomic E-state index is 12.3. The summed E-state index contributed by atoms with van der Waals surface area (Å²) in [4.78, 5) is 25.9. The molecule has 2 fully saturated rings. The average molecular weight is 383 g/mol. The molecule has 2 aliphatic rings. The van der Waals surface area contributed by atoms with Crippen molar-refractivity contribution in [3.05, 3.63) is 33.1 Å². The first-order valence-electron chi connectivity index (χ1n) is 9.18. The summed E-state index contributed by atoms with van der Waals surface area (Å²) in [6, 6.07) is 1.32. The smallest absolute Gasteiger partial charge is 0.330 e. The van der Waals surface area contributed by atoms with Gasteiger partial charge in [-0.25, -0.2) is 4.79 Å². The number of fused-ring (bicyclic) bond motifs is 2. The van der Waals surface area contributed by atoms with Gasteiger partial charge in [-0.05, 0) is 24.1 Å². The lowest BCUT2D eigenvalue weighted by Crippen LogP contribution is -2.53. The van der Waals surface area contributed by atoms with Crippen LogP contribution in [0.15, 0.2) is 21.9 Å². The highest BCUT2D eigenvalue weighted by atomic mass is 28.4. The highest BCUT2D eigenvalue weighted by molar-refractivity contribution is 6.74. The number of aromatic amines is 1. The number of hydrogen-bond donors (Lipinski definition) is 1. The minimum Gasteiger partial charge on any atom is -0.408 e. The Hall–Kier alpha value is -1.22. The fraction of sp³-hybridized carbons (Fsp3) is 0.778. The molecule has 8 heteroatoms. The molecule has 0 amide bonds. The Morgan fingerprint density at radius 2 is 2.00 bits per heavy atom. The Bertz CT molecular complexity index is 794. The number of aromatic nitrogens is 2. The summed E-state index contributed by atoms with van der Waals surface area (Å²) in [7, 11) is -2.06. The van der Waals surface area contributed by atoms with E-state index in [0.29, 0.717) is 6.61 Å². The van der Waals surface area contributed by atoms with Crippen molar-refractivity contribution in [3.8, 4) is 0 Å². The minimum absolute atomic E-state index is 0.0531. The molecule has 3 heterocycles. The van der Waals surface area contributed by atoms with Crippen LogP contribution in [0, 0.1) is 5.92 Å². The first-order valence-corrected chi connectivity index (χ1v) is 12.1. The van der Waals surface area contributed by atoms with E-state index in [2.05, 4.69) is 52.7 Å². The molecule has 26 heavy (non-hydrogen) atoms. The molecule has 4 atom stereocenters. The Morgan fingerprint density at radius 3 is 2.54 bits per heavy atom. The first kappa shape index (κ1) is 19.5. The third-order valence-electron chi connectivity index (χ3n) is 6.23. The molecule has 0 unspecified atom stereocenters. The number of ether oxygens (including phenoxy) is 2. The largest absolute Gasteiger partial charge is 0.408 e. The quantitative estimate of drug-likeness (QED) is 0.808. The molecule has 2 aliphatic heterocycles. The number of rotatable bonds is 4. The molecule has 0 saturated carbocycles. The molecule has 1 aromatic heterocycles. The molecule has 1 aromatic rings. The van der Waals surface area contributed by atoms with Crippen LogP contribution >= 0.6 is 0 Å². The maximum Gasteiger partial charge on any atom is 0.330 e. The van der Waals surface area contributed by atoms with Crippen LogP contribution in [0.2, 0.25) is 18.1 Å². The fourth-order valence-electron chi connectivity index (χ4n) is 3.43. The zero-order valence-corrected chi connectivity index (χ0v) is 17.7. The monoisotopic (exact) mass is 382 g/mol. The Labute approximate surface area is 154 Å². The lowest BCUT2D eigenvalue weighted by atomic mass is 9.87. The summed E-state index contributed by atoms with van der Waals surface area (Å²) < 4.78 is 20.6. The number of H-pyrrole nitrogens is 1. The van der Waals surface area contributed by atoms with Gasteiger partial charge in [0.15, 0.2) is 14.5 Å². The maximum atomic E-state index is 12.3. The van der Waals surface area contributed by atoms with Crippen molar-refractivity contribution in [2.75, 3.05) is 6.61 Å². The second kappa shape index (κ2) is 6.15. The molecule has 0 aliphatic carbocycles. The van der Waals surface area contributed by atoms with Crippen molar-refractivity contribution in [1.29, 1.82) is 0 Å². The van der Waals surface area contributed by atoms with E-state index < -0.39 is 31.4 Å². The van der Waals surface area contributed by atoms with Crippen molar-refractivity contribution >= 4 is 8.32 Å². The second-order valence-electron chi connectivity index (χ2n) is 9.21. The van der Waals surface area contributed by atoms with Crippen molar-refractivity contribution in [2.45, 2.75) is 76.8 Å². The second-order valence-corrected chi connectivity index (χ2v) is 14.0. The summed E-state index contributed by atoms with van der Waals surface area (Å²) in [5.74, 6) is 0.158. The van der Waals surface area contributed by atoms with E-state index in [4.69, 9.17) is 13.9 Å². The third kappa shape index (κ3) is 2.92. The SMILES string of the molecule is CC(C)[C@]12CO[C@H]([C@H](n3ccc(=O)[nH]c3=O)O1)[C@H]2O[Si](C)(C)C(C)(C)C. The van der Waals surface area contributed by atoms with Gasteiger partial charge in [0.05, 0.1) is 6.61 Å². The zero-order chi connectivity index (χ0) is 19.5. The Kier molecular flexibility index (Phi) is 4.62. The first-order chi connectivity index (χ1) is 11.9. The third-order valence-corrected chi connectivity index (χ3v) is 10.7. The van der Waals surface area contributed by atoms with E-state index in [0.717, 1.165) is 0 Å². The van der Waals surface area contributed by atoms with Gasteiger partial charge in [-0.3, -0.25) is 14.3 Å². The van der Waals surface area contributed by atoms with Crippen LogP contribution < -0.4 is 11.2 Å². The van der Waals surface area contributed by atoms with Gasteiger partial charge in [0.25, 0.3) is 5.56 Å². The number of nitrogens with one attached hydrogen (secondary N) is 1. The minimum atomic E-state index is -2.06. The van der Waals surface area contributed by atoms with Crippen LogP contribution in [-0.2, 0) is 13.9 Å². The summed E-state index contributed by atoms with van der Waals surface area (Å²) >= 11 is 0. The summed E-state index contributed by atoms with van der Waals surface area (Å²) in [6.45, 7) is 15.6. The van der Waals surface area contributed by atoms with Gasteiger partial charge in [0.2, 0.25) is 0 Å². The van der Waals surface area contributed by atoms with E-state index in [1.54, 1.807) is 0 Å². The highest BCUT2D eigenvalue weighted by Gasteiger charge is 2.65. The van der Waals surface area contributed by atoms with Crippen LogP contribution in [0.1, 0.15) is 40.8 Å². The summed E-state index contributed by atoms with van der Waals surface area (Å²) in [6.07, 6.45) is 0.237. The predicted octanol–water partition coefficient (Wildman–Crippen LogP) is 2.25. The van der Waals surface area contributed by atoms with Crippen LogP contribution in [0.4, 0.5) is 0 Å². The van der Waals surface area contributed by atoms with Crippen LogP contribution in [0.3, 0.4) is 0 Å². The Balaban J connectivity index is 2.00. The van der Waals surface area contributed by atoms with Crippen LogP contribution in [-0.4, -0.2) is 42.3 Å². The van der Waals surface area contributed by atoms with Gasteiger partial charge < -0.3 is 13.9 Å². The van der Waals surface area contributed by atoms with E-state index in [1.807, 2.05) is 0 Å². The molecule has 2 bridgehead atoms. The van der Waals surface area contributed by atoms with E-state index in [-0.39, 0.29) is 23.2 Å². The lowest BCUT2D eigenvalue weighted by molar-refractivity contribution is -0.190. The topological polar surface area (TPSA) is 82.6 Å². The lowest BCUT2D eigenvalue weighted by Gasteiger charge is -2.42. The summed E-state index contributed by atoms with van der Waals surface area (Å²) in [5.41, 5.74) is -1.52. The Morgan fingerprint density at radius 1 is 1.35 bits per heavy atom. The predicted molar refractivity (Wildman–Crippen MR) is 101 cm³/mol. The van der Waals surface area contributed by atoms with Gasteiger partial charge in [-0.1, -0.05) is 34.6 Å². The molecule has 0 aromatic carbocycles. The van der Waals surface area contributed by atoms with Gasteiger partial charge >= 0.3 is 5.69 Å². The molecule has 3 rings (SSSR count). The molecular formula is C18H30N2O5Si. The van der Waals surface area contributed by atoms with Crippen molar-refractivity contribution in [1.82, 2.24) is 9.55 Å². The number of nitrogens with zero attached hydrogens (tertiary/aromatic N) is 1. The zero-order valence-electron chi connectivity index (χ0n) is 16.7. The summed E-state index contributed by atoms with van der Waals surface area (Å²) in [5, 5.41) is 0.0531. The van der Waals surface area contributed by atoms with Gasteiger partial charge in [0, 0.05) is 12.3 Å². The average Bonchev–Trinajstić information content (AvgIpc) is 2.99. The molecular weight excluding hydrogens is 352 g/mol. The number of hydrogen-bond acceptors (Lipinski definition) is 5. The van der Waals surface area contributed by atoms with Gasteiger partial charge in [-0.15, -0.1) is 0 Å². The van der Waals surface area contributed by atoms with Crippen molar-refractivity contribution < 1.29 is 13.9 Å². The molecule has 0 radical (unpaired) electrons. The van der Waals surface area contributed by atoms with Crippen molar-refractivity contribution in [3.63, 3.8) is 0 Å². The fourth-order valence-corrected chi connectivity index (χ4v) is 4.76. The van der Waals surface area contributed by atoms with E-state index in [1.165, 1.54) is 16.8 Å². The standard InChI is InChI=1S/C18H30N2O5Si/c1-11(2)18-10-23-13(14(18)25-26(6,7)17(3,4)5)15(24-18)20-9-8-12(21)19-16(20)22/h8-9,11,13-15H,10H2,1-7H3,(H,19,21,22)/t13-,14+,15+,18-/m0/s1. The molecule has 2 saturated heterocycles. The highest BCUT2D eigenvalue weighted by Crippen LogP contribution is 2.52. The molecule has 0 spiro atoms. The van der Waals surface area contributed by atoms with Gasteiger partial charge in [0.1, 0.15) is 17.8 Å².